The third-order valence-electron chi connectivity index (χ3n) is 7.50. The lowest BCUT2D eigenvalue weighted by molar-refractivity contribution is -0.115. The molecule has 0 aliphatic rings. The van der Waals surface area contributed by atoms with Gasteiger partial charge in [-0.05, 0) is 54.4 Å². The van der Waals surface area contributed by atoms with E-state index in [1.165, 1.54) is 36.0 Å². The average Bonchev–Trinajstić information content (AvgIpc) is 3.34. The van der Waals surface area contributed by atoms with Crippen LogP contribution < -0.4 is 20.3 Å². The van der Waals surface area contributed by atoms with Crippen molar-refractivity contribution in [2.45, 2.75) is 19.4 Å². The van der Waals surface area contributed by atoms with Crippen LogP contribution in [0.5, 0.6) is 11.6 Å². The summed E-state index contributed by atoms with van der Waals surface area (Å²) in [5, 5.41) is 4.16. The largest absolute Gasteiger partial charge is 0.436 e. The first-order valence-electron chi connectivity index (χ1n) is 14.5. The van der Waals surface area contributed by atoms with Gasteiger partial charge in [0, 0.05) is 32.2 Å². The van der Waals surface area contributed by atoms with Crippen LogP contribution in [0.1, 0.15) is 24.4 Å². The summed E-state index contributed by atoms with van der Waals surface area (Å²) in [6, 6.07) is 9.52. The number of fused-ring (bicyclic) bond motifs is 2. The minimum atomic E-state index is -4.20. The van der Waals surface area contributed by atoms with Crippen LogP contribution in [-0.4, -0.2) is 44.9 Å². The van der Waals surface area contributed by atoms with E-state index in [-0.39, 0.29) is 67.9 Å². The van der Waals surface area contributed by atoms with Crippen LogP contribution in [0.3, 0.4) is 0 Å². The van der Waals surface area contributed by atoms with Gasteiger partial charge in [-0.25, -0.2) is 31.0 Å². The summed E-state index contributed by atoms with van der Waals surface area (Å²) in [6.45, 7) is 1.03. The topological polar surface area (TPSA) is 155 Å². The van der Waals surface area contributed by atoms with Crippen molar-refractivity contribution in [3.8, 4) is 17.3 Å². The van der Waals surface area contributed by atoms with Gasteiger partial charge in [-0.3, -0.25) is 18.8 Å². The SMILES string of the molecule is CC(=O)N(c1nn(C)c2c(-n3c(C(N)Cc4cc(F)cc(F)c4)nc4nc(Oc5ccc(F)cc5F)ccc4c3=O)ccc(Cl)c12)S(C)(=O)=O. The second kappa shape index (κ2) is 12.8. The molecule has 18 heteroatoms. The van der Waals surface area contributed by atoms with Crippen LogP contribution in [0.25, 0.3) is 27.6 Å². The van der Waals surface area contributed by atoms with Crippen molar-refractivity contribution in [2.75, 3.05) is 10.6 Å². The number of nitrogens with two attached hydrogens (primary N) is 1. The number of halogens is 5. The zero-order valence-corrected chi connectivity index (χ0v) is 27.7. The van der Waals surface area contributed by atoms with E-state index < -0.39 is 50.8 Å². The monoisotopic (exact) mass is 729 g/mol. The Kier molecular flexibility index (Phi) is 8.83. The van der Waals surface area contributed by atoms with Crippen LogP contribution in [0, 0.1) is 23.3 Å². The van der Waals surface area contributed by atoms with Crippen molar-refractivity contribution >= 4 is 55.3 Å². The van der Waals surface area contributed by atoms with Crippen LogP contribution in [0.4, 0.5) is 23.4 Å². The molecule has 6 aromatic rings. The highest BCUT2D eigenvalue weighted by Crippen LogP contribution is 2.37. The molecule has 258 valence electrons. The number of rotatable bonds is 8. The first-order chi connectivity index (χ1) is 23.5. The Labute approximate surface area is 285 Å². The van der Waals surface area contributed by atoms with E-state index in [1.54, 1.807) is 0 Å². The zero-order chi connectivity index (χ0) is 36.2. The summed E-state index contributed by atoms with van der Waals surface area (Å²) in [7, 11) is -2.77. The number of hydrogen-bond acceptors (Lipinski definition) is 9. The van der Waals surface area contributed by atoms with E-state index in [4.69, 9.17) is 22.1 Å². The van der Waals surface area contributed by atoms with E-state index in [2.05, 4.69) is 15.1 Å². The number of aromatic nitrogens is 5. The van der Waals surface area contributed by atoms with E-state index in [0.29, 0.717) is 16.4 Å². The molecule has 0 aliphatic heterocycles. The number of aryl methyl sites for hydroxylation is 1. The van der Waals surface area contributed by atoms with Gasteiger partial charge in [-0.15, -0.1) is 0 Å². The third kappa shape index (κ3) is 6.37. The van der Waals surface area contributed by atoms with E-state index in [1.807, 2.05) is 0 Å². The number of amides is 1. The first-order valence-corrected chi connectivity index (χ1v) is 16.7. The smallest absolute Gasteiger partial charge is 0.267 e. The normalized spacial score (nSPS) is 12.4. The van der Waals surface area contributed by atoms with Gasteiger partial charge in [0.2, 0.25) is 21.8 Å². The standard InChI is InChI=1S/C32H24ClF4N7O5S/c1-15(45)44(50(3,47)48)31-27-21(33)6-7-24(28(27)42(2)41-31)43-30(23(38)12-16-10-18(35)13-19(36)11-16)40-29-20(32(43)46)5-9-26(39-29)49-25-8-4-17(34)14-22(25)37/h4-11,13-14,23H,12,38H2,1-3H3. The zero-order valence-electron chi connectivity index (χ0n) is 26.2. The van der Waals surface area contributed by atoms with Crippen LogP contribution >= 0.6 is 11.6 Å². The molecule has 6 rings (SSSR count). The van der Waals surface area contributed by atoms with Gasteiger partial charge in [0.25, 0.3) is 5.56 Å². The summed E-state index contributed by atoms with van der Waals surface area (Å²) in [6.07, 6.45) is 0.579. The Hall–Kier alpha value is -5.39. The van der Waals surface area contributed by atoms with Gasteiger partial charge in [-0.1, -0.05) is 11.6 Å². The number of pyridine rings is 1. The highest BCUT2D eigenvalue weighted by Gasteiger charge is 2.31. The molecule has 0 aliphatic carbocycles. The van der Waals surface area contributed by atoms with E-state index in [9.17, 15) is 35.6 Å². The number of benzene rings is 3. The first kappa shape index (κ1) is 34.5. The Bertz CT molecular complexity index is 2530. The maximum Gasteiger partial charge on any atom is 0.267 e. The van der Waals surface area contributed by atoms with Gasteiger partial charge in [0.15, 0.2) is 23.0 Å². The summed E-state index contributed by atoms with van der Waals surface area (Å²) in [5.74, 6) is -5.54. The van der Waals surface area contributed by atoms with Crippen LogP contribution in [0.15, 0.2) is 65.5 Å². The fourth-order valence-corrected chi connectivity index (χ4v) is 6.70. The van der Waals surface area contributed by atoms with Crippen molar-refractivity contribution in [3.05, 3.63) is 111 Å². The molecule has 50 heavy (non-hydrogen) atoms. The number of nitrogens with zero attached hydrogens (tertiary/aromatic N) is 6. The molecule has 3 aromatic heterocycles. The quantitative estimate of drug-likeness (QED) is 0.208. The summed E-state index contributed by atoms with van der Waals surface area (Å²) >= 11 is 6.56. The predicted molar refractivity (Wildman–Crippen MR) is 176 cm³/mol. The molecular formula is C32H24ClF4N7O5S. The second-order valence-corrected chi connectivity index (χ2v) is 13.4. The third-order valence-corrected chi connectivity index (χ3v) is 8.91. The molecule has 1 atom stereocenters. The van der Waals surface area contributed by atoms with Crippen molar-refractivity contribution in [3.63, 3.8) is 0 Å². The Morgan fingerprint density at radius 2 is 1.70 bits per heavy atom. The number of anilines is 1. The molecule has 1 unspecified atom stereocenters. The number of ether oxygens (including phenoxy) is 1. The van der Waals surface area contributed by atoms with Gasteiger partial charge in [0.1, 0.15) is 23.3 Å². The highest BCUT2D eigenvalue weighted by molar-refractivity contribution is 7.92. The van der Waals surface area contributed by atoms with Crippen molar-refractivity contribution < 1.29 is 35.5 Å². The number of carbonyl (C=O) groups excluding carboxylic acids is 1. The molecule has 2 N–H and O–H groups in total. The van der Waals surface area contributed by atoms with Crippen molar-refractivity contribution in [2.24, 2.45) is 12.8 Å². The summed E-state index contributed by atoms with van der Waals surface area (Å²) < 4.78 is 89.6. The molecule has 0 fully saturated rings. The summed E-state index contributed by atoms with van der Waals surface area (Å²) in [4.78, 5) is 35.7. The number of carbonyl (C=O) groups is 1. The number of hydrogen-bond donors (Lipinski definition) is 1. The molecule has 0 radical (unpaired) electrons. The molecule has 0 saturated heterocycles. The predicted octanol–water partition coefficient (Wildman–Crippen LogP) is 5.22. The van der Waals surface area contributed by atoms with Crippen molar-refractivity contribution in [1.82, 2.24) is 24.3 Å². The lowest BCUT2D eigenvalue weighted by atomic mass is 10.0. The van der Waals surface area contributed by atoms with Gasteiger partial charge in [-0.2, -0.15) is 14.4 Å². The van der Waals surface area contributed by atoms with Crippen molar-refractivity contribution in [1.29, 1.82) is 0 Å². The fourth-order valence-electron chi connectivity index (χ4n) is 5.55. The molecule has 0 bridgehead atoms. The molecule has 3 heterocycles. The second-order valence-electron chi connectivity index (χ2n) is 11.2. The van der Waals surface area contributed by atoms with E-state index >= 15 is 0 Å². The number of sulfonamides is 1. The Balaban J connectivity index is 1.61. The average molecular weight is 730 g/mol. The summed E-state index contributed by atoms with van der Waals surface area (Å²) in [5.41, 5.74) is 5.89. The van der Waals surface area contributed by atoms with Gasteiger partial charge in [0.05, 0.1) is 39.3 Å². The molecule has 1 amide bonds. The highest BCUT2D eigenvalue weighted by atomic mass is 35.5. The molecular weight excluding hydrogens is 706 g/mol. The maximum atomic E-state index is 14.4. The van der Waals surface area contributed by atoms with Gasteiger partial charge >= 0.3 is 0 Å². The van der Waals surface area contributed by atoms with Crippen LogP contribution in [0.2, 0.25) is 5.02 Å². The maximum absolute atomic E-state index is 14.4. The minimum absolute atomic E-state index is 0.00536. The molecule has 3 aromatic carbocycles. The fraction of sp³-hybridized carbons (Fsp3) is 0.156. The molecule has 12 nitrogen and oxygen atoms in total. The lowest BCUT2D eigenvalue weighted by Crippen LogP contribution is -2.34. The Morgan fingerprint density at radius 1 is 1.00 bits per heavy atom. The molecule has 0 spiro atoms. The molecule has 0 saturated carbocycles. The Morgan fingerprint density at radius 3 is 2.34 bits per heavy atom. The van der Waals surface area contributed by atoms with E-state index in [0.717, 1.165) is 42.0 Å². The van der Waals surface area contributed by atoms with Gasteiger partial charge < -0.3 is 10.5 Å². The minimum Gasteiger partial charge on any atom is -0.436 e. The van der Waals surface area contributed by atoms with Crippen LogP contribution in [-0.2, 0) is 28.3 Å². The lowest BCUT2D eigenvalue weighted by Gasteiger charge is -2.20.